The van der Waals surface area contributed by atoms with Gasteiger partial charge in [0, 0.05) is 6.04 Å². The second kappa shape index (κ2) is 3.69. The Kier molecular flexibility index (Phi) is 2.83. The van der Waals surface area contributed by atoms with Gasteiger partial charge in [-0.1, -0.05) is 0 Å². The molecule has 0 saturated carbocycles. The molecule has 1 rings (SSSR count). The van der Waals surface area contributed by atoms with Crippen molar-refractivity contribution < 1.29 is 9.90 Å². The Bertz CT molecular complexity index is 280. The predicted molar refractivity (Wildman–Crippen MR) is 48.6 cm³/mol. The van der Waals surface area contributed by atoms with E-state index in [1.54, 1.807) is 5.38 Å². The number of thiophene rings is 1. The summed E-state index contributed by atoms with van der Waals surface area (Å²) in [5.74, 6) is -0.861. The van der Waals surface area contributed by atoms with Crippen LogP contribution in [0, 0.1) is 0 Å². The van der Waals surface area contributed by atoms with Crippen LogP contribution in [0.5, 0.6) is 0 Å². The predicted octanol–water partition coefficient (Wildman–Crippen LogP) is 1.34. The Labute approximate surface area is 74.8 Å². The molecular formula is C8H11NO2S. The molecule has 0 bridgehead atoms. The summed E-state index contributed by atoms with van der Waals surface area (Å²) in [6.07, 6.45) is 0.630. The van der Waals surface area contributed by atoms with Gasteiger partial charge in [-0.3, -0.25) is 0 Å². The molecule has 1 aromatic heterocycles. The van der Waals surface area contributed by atoms with Crippen LogP contribution in [0.4, 0.5) is 0 Å². The highest BCUT2D eigenvalue weighted by Crippen LogP contribution is 2.17. The molecular weight excluding hydrogens is 174 g/mol. The molecule has 0 saturated heterocycles. The van der Waals surface area contributed by atoms with Crippen molar-refractivity contribution in [2.45, 2.75) is 19.4 Å². The summed E-state index contributed by atoms with van der Waals surface area (Å²) in [4.78, 5) is 11.0. The SMILES string of the molecule is CC(N)Cc1ccsc1C(=O)O. The molecule has 3 nitrogen and oxygen atoms in total. The van der Waals surface area contributed by atoms with E-state index in [1.807, 2.05) is 13.0 Å². The lowest BCUT2D eigenvalue weighted by Gasteiger charge is -2.02. The van der Waals surface area contributed by atoms with E-state index in [2.05, 4.69) is 0 Å². The van der Waals surface area contributed by atoms with E-state index in [-0.39, 0.29) is 6.04 Å². The molecule has 66 valence electrons. The molecule has 0 radical (unpaired) electrons. The Hall–Kier alpha value is -0.870. The molecule has 0 aliphatic carbocycles. The topological polar surface area (TPSA) is 63.3 Å². The van der Waals surface area contributed by atoms with Crippen molar-refractivity contribution in [2.75, 3.05) is 0 Å². The molecule has 3 N–H and O–H groups in total. The molecule has 1 atom stereocenters. The smallest absolute Gasteiger partial charge is 0.346 e. The maximum Gasteiger partial charge on any atom is 0.346 e. The first-order valence-electron chi connectivity index (χ1n) is 3.66. The zero-order valence-corrected chi connectivity index (χ0v) is 7.60. The number of carboxylic acids is 1. The summed E-state index contributed by atoms with van der Waals surface area (Å²) < 4.78 is 0. The number of hydrogen-bond donors (Lipinski definition) is 2. The minimum absolute atomic E-state index is 0.0118. The first kappa shape index (κ1) is 9.22. The van der Waals surface area contributed by atoms with Crippen LogP contribution in [-0.2, 0) is 6.42 Å². The average Bonchev–Trinajstić information content (AvgIpc) is 2.33. The normalized spacial score (nSPS) is 12.8. The third-order valence-electron chi connectivity index (χ3n) is 1.48. The Morgan fingerprint density at radius 1 is 1.83 bits per heavy atom. The maximum absolute atomic E-state index is 10.6. The lowest BCUT2D eigenvalue weighted by atomic mass is 10.1. The molecule has 0 aromatic carbocycles. The third kappa shape index (κ3) is 2.06. The molecule has 1 heterocycles. The summed E-state index contributed by atoms with van der Waals surface area (Å²) in [7, 11) is 0. The minimum atomic E-state index is -0.861. The number of nitrogens with two attached hydrogens (primary N) is 1. The average molecular weight is 185 g/mol. The fraction of sp³-hybridized carbons (Fsp3) is 0.375. The van der Waals surface area contributed by atoms with Gasteiger partial charge >= 0.3 is 5.97 Å². The van der Waals surface area contributed by atoms with Crippen LogP contribution >= 0.6 is 11.3 Å². The van der Waals surface area contributed by atoms with Gasteiger partial charge < -0.3 is 10.8 Å². The minimum Gasteiger partial charge on any atom is -0.477 e. The summed E-state index contributed by atoms with van der Waals surface area (Å²) in [5.41, 5.74) is 6.40. The van der Waals surface area contributed by atoms with Gasteiger partial charge in [0.05, 0.1) is 0 Å². The first-order chi connectivity index (χ1) is 5.61. The fourth-order valence-electron chi connectivity index (χ4n) is 1.03. The molecule has 0 spiro atoms. The first-order valence-corrected chi connectivity index (χ1v) is 4.54. The highest BCUT2D eigenvalue weighted by atomic mass is 32.1. The van der Waals surface area contributed by atoms with Gasteiger partial charge in [0.25, 0.3) is 0 Å². The summed E-state index contributed by atoms with van der Waals surface area (Å²) in [6.45, 7) is 1.86. The Morgan fingerprint density at radius 3 is 3.00 bits per heavy atom. The molecule has 12 heavy (non-hydrogen) atoms. The second-order valence-corrected chi connectivity index (χ2v) is 3.68. The van der Waals surface area contributed by atoms with E-state index in [0.29, 0.717) is 11.3 Å². The van der Waals surface area contributed by atoms with Crippen LogP contribution in [0.1, 0.15) is 22.2 Å². The van der Waals surface area contributed by atoms with Gasteiger partial charge in [0.2, 0.25) is 0 Å². The monoisotopic (exact) mass is 185 g/mol. The van der Waals surface area contributed by atoms with E-state index in [9.17, 15) is 4.79 Å². The number of carbonyl (C=O) groups is 1. The fourth-order valence-corrected chi connectivity index (χ4v) is 1.80. The molecule has 4 heteroatoms. The van der Waals surface area contributed by atoms with Gasteiger partial charge in [-0.2, -0.15) is 0 Å². The van der Waals surface area contributed by atoms with Crippen molar-refractivity contribution in [1.29, 1.82) is 0 Å². The molecule has 1 unspecified atom stereocenters. The number of rotatable bonds is 3. The van der Waals surface area contributed by atoms with Gasteiger partial charge in [-0.15, -0.1) is 11.3 Å². The van der Waals surface area contributed by atoms with Crippen LogP contribution in [0.25, 0.3) is 0 Å². The van der Waals surface area contributed by atoms with E-state index in [1.165, 1.54) is 11.3 Å². The lowest BCUT2D eigenvalue weighted by molar-refractivity contribution is 0.0701. The quantitative estimate of drug-likeness (QED) is 0.746. The van der Waals surface area contributed by atoms with Crippen LogP contribution < -0.4 is 5.73 Å². The lowest BCUT2D eigenvalue weighted by Crippen LogP contribution is -2.18. The molecule has 0 aliphatic rings. The maximum atomic E-state index is 10.6. The standard InChI is InChI=1S/C8H11NO2S/c1-5(9)4-6-2-3-12-7(6)8(10)11/h2-3,5H,4,9H2,1H3,(H,10,11). The summed E-state index contributed by atoms with van der Waals surface area (Å²) >= 11 is 1.24. The number of carboxylic acid groups (broad SMARTS) is 1. The molecule has 0 amide bonds. The molecule has 1 aromatic rings. The highest BCUT2D eigenvalue weighted by Gasteiger charge is 2.11. The van der Waals surface area contributed by atoms with Gasteiger partial charge in [0.15, 0.2) is 0 Å². The highest BCUT2D eigenvalue weighted by molar-refractivity contribution is 7.12. The largest absolute Gasteiger partial charge is 0.477 e. The van der Waals surface area contributed by atoms with Crippen molar-refractivity contribution in [3.05, 3.63) is 21.9 Å². The van der Waals surface area contributed by atoms with Crippen molar-refractivity contribution in [1.82, 2.24) is 0 Å². The van der Waals surface area contributed by atoms with E-state index >= 15 is 0 Å². The van der Waals surface area contributed by atoms with Crippen molar-refractivity contribution >= 4 is 17.3 Å². The van der Waals surface area contributed by atoms with Crippen molar-refractivity contribution in [3.63, 3.8) is 0 Å². The van der Waals surface area contributed by atoms with E-state index in [0.717, 1.165) is 5.56 Å². The zero-order chi connectivity index (χ0) is 9.14. The van der Waals surface area contributed by atoms with Crippen LogP contribution in [0.2, 0.25) is 0 Å². The van der Waals surface area contributed by atoms with Crippen LogP contribution in [0.15, 0.2) is 11.4 Å². The van der Waals surface area contributed by atoms with Crippen LogP contribution in [-0.4, -0.2) is 17.1 Å². The van der Waals surface area contributed by atoms with Gasteiger partial charge in [0.1, 0.15) is 4.88 Å². The summed E-state index contributed by atoms with van der Waals surface area (Å²) in [5, 5.41) is 10.5. The van der Waals surface area contributed by atoms with Gasteiger partial charge in [-0.05, 0) is 30.4 Å². The van der Waals surface area contributed by atoms with E-state index < -0.39 is 5.97 Å². The summed E-state index contributed by atoms with van der Waals surface area (Å²) in [6, 6.07) is 1.83. The van der Waals surface area contributed by atoms with Gasteiger partial charge in [-0.25, -0.2) is 4.79 Å². The van der Waals surface area contributed by atoms with Crippen molar-refractivity contribution in [3.8, 4) is 0 Å². The second-order valence-electron chi connectivity index (χ2n) is 2.76. The van der Waals surface area contributed by atoms with E-state index in [4.69, 9.17) is 10.8 Å². The van der Waals surface area contributed by atoms with Crippen LogP contribution in [0.3, 0.4) is 0 Å². The zero-order valence-electron chi connectivity index (χ0n) is 6.78. The number of aromatic carboxylic acids is 1. The molecule has 0 fully saturated rings. The Balaban J connectivity index is 2.84. The van der Waals surface area contributed by atoms with Crippen molar-refractivity contribution in [2.24, 2.45) is 5.73 Å². The Morgan fingerprint density at radius 2 is 2.50 bits per heavy atom. The molecule has 0 aliphatic heterocycles. The third-order valence-corrected chi connectivity index (χ3v) is 2.43. The number of hydrogen-bond acceptors (Lipinski definition) is 3.